The van der Waals surface area contributed by atoms with Gasteiger partial charge in [-0.15, -0.1) is 0 Å². The van der Waals surface area contributed by atoms with Crippen LogP contribution in [0.3, 0.4) is 0 Å². The molecular weight excluding hydrogens is 240 g/mol. The van der Waals surface area contributed by atoms with E-state index in [0.29, 0.717) is 18.6 Å². The summed E-state index contributed by atoms with van der Waals surface area (Å²) in [6, 6.07) is 0.758. The van der Waals surface area contributed by atoms with Gasteiger partial charge in [0.25, 0.3) is 0 Å². The van der Waals surface area contributed by atoms with Crippen LogP contribution in [0.4, 0.5) is 0 Å². The van der Waals surface area contributed by atoms with Gasteiger partial charge < -0.3 is 10.0 Å². The maximum atomic E-state index is 12.5. The molecule has 2 saturated heterocycles. The third-order valence-corrected chi connectivity index (χ3v) is 4.77. The van der Waals surface area contributed by atoms with Crippen molar-refractivity contribution in [2.45, 2.75) is 70.6 Å². The van der Waals surface area contributed by atoms with Crippen molar-refractivity contribution < 1.29 is 9.90 Å². The molecule has 0 spiro atoms. The van der Waals surface area contributed by atoms with Crippen LogP contribution in [0.15, 0.2) is 0 Å². The number of amides is 1. The maximum absolute atomic E-state index is 12.5. The van der Waals surface area contributed by atoms with Crippen molar-refractivity contribution in [3.05, 3.63) is 0 Å². The molecule has 0 aliphatic carbocycles. The zero-order valence-corrected chi connectivity index (χ0v) is 12.6. The summed E-state index contributed by atoms with van der Waals surface area (Å²) in [6.07, 6.45) is 5.03. The predicted octanol–water partition coefficient (Wildman–Crippen LogP) is 1.62. The summed E-state index contributed by atoms with van der Waals surface area (Å²) in [5.41, 5.74) is -0.536. The van der Waals surface area contributed by atoms with Gasteiger partial charge in [0.2, 0.25) is 5.91 Å². The summed E-state index contributed by atoms with van der Waals surface area (Å²) in [7, 11) is 0. The van der Waals surface area contributed by atoms with E-state index in [1.54, 1.807) is 0 Å². The lowest BCUT2D eigenvalue weighted by Crippen LogP contribution is -2.52. The number of nitrogens with zero attached hydrogens (tertiary/aromatic N) is 2. The second-order valence-electron chi connectivity index (χ2n) is 6.70. The van der Waals surface area contributed by atoms with Crippen molar-refractivity contribution in [1.82, 2.24) is 9.80 Å². The largest absolute Gasteiger partial charge is 0.390 e. The van der Waals surface area contributed by atoms with Crippen LogP contribution in [0.1, 0.15) is 52.9 Å². The number of rotatable bonds is 2. The fourth-order valence-electron chi connectivity index (χ4n) is 3.38. The molecule has 19 heavy (non-hydrogen) atoms. The van der Waals surface area contributed by atoms with E-state index in [0.717, 1.165) is 38.8 Å². The first-order chi connectivity index (χ1) is 8.89. The van der Waals surface area contributed by atoms with Crippen LogP contribution in [0, 0.1) is 0 Å². The Morgan fingerprint density at radius 1 is 1.21 bits per heavy atom. The molecule has 110 valence electrons. The summed E-state index contributed by atoms with van der Waals surface area (Å²) in [4.78, 5) is 16.7. The van der Waals surface area contributed by atoms with Gasteiger partial charge in [0.15, 0.2) is 0 Å². The number of hydrogen-bond acceptors (Lipinski definition) is 3. The summed E-state index contributed by atoms with van der Waals surface area (Å²) in [5, 5.41) is 9.94. The molecule has 0 aromatic carbocycles. The van der Waals surface area contributed by atoms with Crippen molar-refractivity contribution in [2.24, 2.45) is 0 Å². The van der Waals surface area contributed by atoms with E-state index in [1.807, 2.05) is 6.92 Å². The minimum Gasteiger partial charge on any atom is -0.390 e. The van der Waals surface area contributed by atoms with Gasteiger partial charge >= 0.3 is 0 Å². The fourth-order valence-corrected chi connectivity index (χ4v) is 3.38. The Hall–Kier alpha value is -0.610. The molecule has 2 aliphatic heterocycles. The van der Waals surface area contributed by atoms with Gasteiger partial charge in [-0.1, -0.05) is 0 Å². The number of likely N-dealkylation sites (tertiary alicyclic amines) is 2. The molecule has 4 nitrogen and oxygen atoms in total. The lowest BCUT2D eigenvalue weighted by molar-refractivity contribution is -0.139. The van der Waals surface area contributed by atoms with Crippen LogP contribution in [0.2, 0.25) is 0 Å². The van der Waals surface area contributed by atoms with E-state index in [4.69, 9.17) is 0 Å². The number of aliphatic hydroxyl groups is 1. The molecule has 2 rings (SSSR count). The molecule has 0 aromatic rings. The predicted molar refractivity (Wildman–Crippen MR) is 75.9 cm³/mol. The maximum Gasteiger partial charge on any atom is 0.237 e. The monoisotopic (exact) mass is 268 g/mol. The first-order valence-electron chi connectivity index (χ1n) is 7.65. The fraction of sp³-hybridized carbons (Fsp3) is 0.933. The van der Waals surface area contributed by atoms with Gasteiger partial charge in [0.1, 0.15) is 0 Å². The van der Waals surface area contributed by atoms with Crippen LogP contribution in [0.5, 0.6) is 0 Å². The van der Waals surface area contributed by atoms with Crippen LogP contribution in [0.25, 0.3) is 0 Å². The molecule has 2 atom stereocenters. The van der Waals surface area contributed by atoms with Crippen LogP contribution >= 0.6 is 0 Å². The van der Waals surface area contributed by atoms with E-state index in [1.165, 1.54) is 6.42 Å². The van der Waals surface area contributed by atoms with Gasteiger partial charge in [0, 0.05) is 25.2 Å². The second kappa shape index (κ2) is 5.80. The first-order valence-corrected chi connectivity index (χ1v) is 7.65. The lowest BCUT2D eigenvalue weighted by Gasteiger charge is -2.41. The Balaban J connectivity index is 1.87. The van der Waals surface area contributed by atoms with Crippen molar-refractivity contribution in [3.63, 3.8) is 0 Å². The van der Waals surface area contributed by atoms with E-state index in [-0.39, 0.29) is 5.91 Å². The molecule has 4 heteroatoms. The zero-order valence-electron chi connectivity index (χ0n) is 12.6. The minimum absolute atomic E-state index is 0.265. The van der Waals surface area contributed by atoms with Gasteiger partial charge in [-0.25, -0.2) is 0 Å². The Bertz CT molecular complexity index is 310. The lowest BCUT2D eigenvalue weighted by atomic mass is 9.93. The van der Waals surface area contributed by atoms with Crippen LogP contribution < -0.4 is 0 Å². The molecule has 2 aliphatic rings. The normalized spacial score (nSPS) is 32.3. The third kappa shape index (κ3) is 3.69. The molecule has 1 N–H and O–H groups in total. The smallest absolute Gasteiger partial charge is 0.237 e. The summed E-state index contributed by atoms with van der Waals surface area (Å²) in [5.74, 6) is 0.265. The molecule has 1 amide bonds. The average molecular weight is 268 g/mol. The van der Waals surface area contributed by atoms with E-state index in [2.05, 4.69) is 23.6 Å². The van der Waals surface area contributed by atoms with E-state index in [9.17, 15) is 9.90 Å². The van der Waals surface area contributed by atoms with E-state index < -0.39 is 5.60 Å². The minimum atomic E-state index is -0.536. The number of carbonyl (C=O) groups excluding carboxylic acids is 1. The van der Waals surface area contributed by atoms with Crippen molar-refractivity contribution in [2.75, 3.05) is 19.6 Å². The molecule has 0 radical (unpaired) electrons. The van der Waals surface area contributed by atoms with Crippen molar-refractivity contribution >= 4 is 5.91 Å². The molecule has 2 unspecified atom stereocenters. The van der Waals surface area contributed by atoms with Crippen molar-refractivity contribution in [3.8, 4) is 0 Å². The quantitative estimate of drug-likeness (QED) is 0.827. The number of hydrogen-bond donors (Lipinski definition) is 1. The standard InChI is InChI=1S/C15H28N2O2/c1-12-5-4-6-13(2)17(12)14(18)11-16-9-7-15(3,19)8-10-16/h12-13,19H,4-11H2,1-3H3. The van der Waals surface area contributed by atoms with Crippen LogP contribution in [-0.2, 0) is 4.79 Å². The highest BCUT2D eigenvalue weighted by atomic mass is 16.3. The van der Waals surface area contributed by atoms with Gasteiger partial charge in [-0.3, -0.25) is 9.69 Å². The van der Waals surface area contributed by atoms with Crippen LogP contribution in [-0.4, -0.2) is 58.1 Å². The third-order valence-electron chi connectivity index (χ3n) is 4.77. The highest BCUT2D eigenvalue weighted by Crippen LogP contribution is 2.24. The second-order valence-corrected chi connectivity index (χ2v) is 6.70. The molecule has 2 fully saturated rings. The first kappa shape index (κ1) is 14.8. The summed E-state index contributed by atoms with van der Waals surface area (Å²) >= 11 is 0. The highest BCUT2D eigenvalue weighted by Gasteiger charge is 2.32. The summed E-state index contributed by atoms with van der Waals surface area (Å²) in [6.45, 7) is 8.39. The number of piperidine rings is 2. The molecule has 0 bridgehead atoms. The van der Waals surface area contributed by atoms with E-state index >= 15 is 0 Å². The van der Waals surface area contributed by atoms with Gasteiger partial charge in [-0.05, 0) is 52.9 Å². The Morgan fingerprint density at radius 3 is 2.26 bits per heavy atom. The Kier molecular flexibility index (Phi) is 4.51. The molecule has 0 saturated carbocycles. The number of carbonyl (C=O) groups is 1. The molecule has 2 heterocycles. The van der Waals surface area contributed by atoms with Gasteiger partial charge in [0.05, 0.1) is 12.1 Å². The zero-order chi connectivity index (χ0) is 14.0. The van der Waals surface area contributed by atoms with Gasteiger partial charge in [-0.2, -0.15) is 0 Å². The summed E-state index contributed by atoms with van der Waals surface area (Å²) < 4.78 is 0. The molecule has 0 aromatic heterocycles. The SMILES string of the molecule is CC1CCCC(C)N1C(=O)CN1CCC(C)(O)CC1. The Labute approximate surface area is 116 Å². The Morgan fingerprint density at radius 2 is 1.74 bits per heavy atom. The highest BCUT2D eigenvalue weighted by molar-refractivity contribution is 5.79. The van der Waals surface area contributed by atoms with Crippen molar-refractivity contribution in [1.29, 1.82) is 0 Å². The topological polar surface area (TPSA) is 43.8 Å². The average Bonchev–Trinajstić information content (AvgIpc) is 2.32. The molecular formula is C15H28N2O2.